The highest BCUT2D eigenvalue weighted by Gasteiger charge is 2.45. The Labute approximate surface area is 82.5 Å². The van der Waals surface area contributed by atoms with Crippen LogP contribution in [0.15, 0.2) is 4.99 Å². The molecule has 78 valence electrons. The Hall–Kier alpha value is -1.35. The maximum atomic E-state index is 11.3. The van der Waals surface area contributed by atoms with E-state index in [1.54, 1.807) is 20.8 Å². The lowest BCUT2D eigenvalue weighted by Gasteiger charge is -2.21. The van der Waals surface area contributed by atoms with E-state index >= 15 is 0 Å². The van der Waals surface area contributed by atoms with Crippen molar-refractivity contribution >= 4 is 12.2 Å². The van der Waals surface area contributed by atoms with Gasteiger partial charge in [-0.2, -0.15) is 4.99 Å². The first-order valence-corrected chi connectivity index (χ1v) is 4.47. The van der Waals surface area contributed by atoms with Crippen molar-refractivity contribution in [3.05, 3.63) is 0 Å². The lowest BCUT2D eigenvalue weighted by Crippen LogP contribution is -2.39. The van der Waals surface area contributed by atoms with Gasteiger partial charge in [-0.3, -0.25) is 5.32 Å². The topological polar surface area (TPSA) is 67.8 Å². The lowest BCUT2D eigenvalue weighted by molar-refractivity contribution is 0.0499. The third kappa shape index (κ3) is 3.18. The van der Waals surface area contributed by atoms with Crippen molar-refractivity contribution in [1.29, 1.82) is 0 Å². The Morgan fingerprint density at radius 2 is 2.07 bits per heavy atom. The van der Waals surface area contributed by atoms with Gasteiger partial charge in [0.05, 0.1) is 0 Å². The summed E-state index contributed by atoms with van der Waals surface area (Å²) in [5.41, 5.74) is -1.27. The summed E-state index contributed by atoms with van der Waals surface area (Å²) in [6.45, 7) is 5.32. The minimum Gasteiger partial charge on any atom is -0.444 e. The Morgan fingerprint density at radius 3 is 2.43 bits per heavy atom. The van der Waals surface area contributed by atoms with Crippen molar-refractivity contribution in [2.45, 2.75) is 44.9 Å². The Balaban J connectivity index is 2.46. The first-order chi connectivity index (χ1) is 6.37. The van der Waals surface area contributed by atoms with E-state index in [1.807, 2.05) is 0 Å². The quantitative estimate of drug-likeness (QED) is 0.537. The summed E-state index contributed by atoms with van der Waals surface area (Å²) in [5.74, 6) is 0. The third-order valence-electron chi connectivity index (χ3n) is 1.72. The highest BCUT2D eigenvalue weighted by atomic mass is 16.6. The molecule has 1 saturated carbocycles. The van der Waals surface area contributed by atoms with Gasteiger partial charge in [0.1, 0.15) is 11.3 Å². The van der Waals surface area contributed by atoms with Gasteiger partial charge in [-0.25, -0.2) is 9.59 Å². The molecule has 1 rings (SSSR count). The standard InChI is InChI=1S/C9H14N2O3/c1-8(2,3)14-7(13)11-9(4-5-9)10-6-12/h4-5H2,1-3H3,(H,11,13). The zero-order valence-corrected chi connectivity index (χ0v) is 8.59. The summed E-state index contributed by atoms with van der Waals surface area (Å²) in [5, 5.41) is 2.53. The fourth-order valence-electron chi connectivity index (χ4n) is 0.964. The number of carbonyl (C=O) groups excluding carboxylic acids is 2. The minimum absolute atomic E-state index is 0.537. The van der Waals surface area contributed by atoms with E-state index in [4.69, 9.17) is 4.74 Å². The van der Waals surface area contributed by atoms with Crippen LogP contribution in [0, 0.1) is 0 Å². The van der Waals surface area contributed by atoms with Crippen LogP contribution < -0.4 is 5.32 Å². The molecule has 0 atom stereocenters. The Bertz CT molecular complexity index is 283. The fourth-order valence-corrected chi connectivity index (χ4v) is 0.964. The molecule has 1 fully saturated rings. The first kappa shape index (κ1) is 10.7. The Morgan fingerprint density at radius 1 is 1.50 bits per heavy atom. The molecule has 1 aliphatic rings. The first-order valence-electron chi connectivity index (χ1n) is 4.47. The van der Waals surface area contributed by atoms with Crippen molar-refractivity contribution in [2.24, 2.45) is 4.99 Å². The molecule has 5 nitrogen and oxygen atoms in total. The number of nitrogens with one attached hydrogen (secondary N) is 1. The maximum absolute atomic E-state index is 11.3. The average Bonchev–Trinajstić information content (AvgIpc) is 2.64. The van der Waals surface area contributed by atoms with Crippen LogP contribution in [0.5, 0.6) is 0 Å². The number of aliphatic imine (C=N–C) groups is 1. The number of isocyanates is 1. The molecule has 0 heterocycles. The zero-order chi connectivity index (χ0) is 10.8. The van der Waals surface area contributed by atoms with E-state index in [0.717, 1.165) is 0 Å². The van der Waals surface area contributed by atoms with Crippen LogP contribution in [0.3, 0.4) is 0 Å². The van der Waals surface area contributed by atoms with Gasteiger partial charge >= 0.3 is 6.09 Å². The van der Waals surface area contributed by atoms with E-state index in [-0.39, 0.29) is 0 Å². The highest BCUT2D eigenvalue weighted by molar-refractivity contribution is 5.69. The summed E-state index contributed by atoms with van der Waals surface area (Å²) >= 11 is 0. The van der Waals surface area contributed by atoms with Crippen molar-refractivity contribution in [3.63, 3.8) is 0 Å². The largest absolute Gasteiger partial charge is 0.444 e. The second-order valence-electron chi connectivity index (χ2n) is 4.36. The molecule has 1 N–H and O–H groups in total. The molecule has 14 heavy (non-hydrogen) atoms. The van der Waals surface area contributed by atoms with Crippen LogP contribution in [0.1, 0.15) is 33.6 Å². The second kappa shape index (κ2) is 3.42. The highest BCUT2D eigenvalue weighted by Crippen LogP contribution is 2.36. The van der Waals surface area contributed by atoms with Gasteiger partial charge in [0.25, 0.3) is 0 Å². The van der Waals surface area contributed by atoms with E-state index in [1.165, 1.54) is 6.08 Å². The van der Waals surface area contributed by atoms with Gasteiger partial charge in [0.2, 0.25) is 6.08 Å². The lowest BCUT2D eigenvalue weighted by atomic mass is 10.2. The molecule has 1 aliphatic carbocycles. The molecule has 0 radical (unpaired) electrons. The zero-order valence-electron chi connectivity index (χ0n) is 8.59. The molecule has 0 aromatic carbocycles. The van der Waals surface area contributed by atoms with Gasteiger partial charge in [-0.05, 0) is 33.6 Å². The van der Waals surface area contributed by atoms with E-state index in [2.05, 4.69) is 10.3 Å². The van der Waals surface area contributed by atoms with Crippen molar-refractivity contribution in [3.8, 4) is 0 Å². The van der Waals surface area contributed by atoms with E-state index in [9.17, 15) is 9.59 Å². The van der Waals surface area contributed by atoms with Gasteiger partial charge < -0.3 is 4.74 Å². The summed E-state index contributed by atoms with van der Waals surface area (Å²) in [4.78, 5) is 24.8. The summed E-state index contributed by atoms with van der Waals surface area (Å²) in [6, 6.07) is 0. The van der Waals surface area contributed by atoms with Crippen LogP contribution in [-0.4, -0.2) is 23.4 Å². The van der Waals surface area contributed by atoms with E-state index < -0.39 is 17.4 Å². The number of nitrogens with zero attached hydrogens (tertiary/aromatic N) is 1. The van der Waals surface area contributed by atoms with Crippen molar-refractivity contribution in [1.82, 2.24) is 5.32 Å². The minimum atomic E-state index is -0.732. The van der Waals surface area contributed by atoms with Gasteiger partial charge in [-0.15, -0.1) is 0 Å². The van der Waals surface area contributed by atoms with Crippen LogP contribution >= 0.6 is 0 Å². The number of ether oxygens (including phenoxy) is 1. The van der Waals surface area contributed by atoms with Crippen LogP contribution in [-0.2, 0) is 9.53 Å². The average molecular weight is 198 g/mol. The van der Waals surface area contributed by atoms with Crippen molar-refractivity contribution < 1.29 is 14.3 Å². The molecule has 0 spiro atoms. The molecule has 5 heteroatoms. The number of rotatable bonds is 2. The molecule has 0 aliphatic heterocycles. The summed E-state index contributed by atoms with van der Waals surface area (Å²) in [7, 11) is 0. The number of alkyl carbamates (subject to hydrolysis) is 1. The molecular weight excluding hydrogens is 184 g/mol. The molecule has 0 aromatic rings. The predicted molar refractivity (Wildman–Crippen MR) is 49.5 cm³/mol. The smallest absolute Gasteiger partial charge is 0.409 e. The molecule has 0 unspecified atom stereocenters. The number of hydrogen-bond donors (Lipinski definition) is 1. The summed E-state index contributed by atoms with van der Waals surface area (Å²) < 4.78 is 5.02. The molecule has 0 aromatic heterocycles. The number of amides is 1. The predicted octanol–water partition coefficient (Wildman–Crippen LogP) is 1.34. The normalized spacial score (nSPS) is 17.9. The maximum Gasteiger partial charge on any atom is 0.409 e. The SMILES string of the molecule is CC(C)(C)OC(=O)NC1(N=C=O)CC1. The van der Waals surface area contributed by atoms with E-state index in [0.29, 0.717) is 12.8 Å². The Kier molecular flexibility index (Phi) is 2.62. The summed E-state index contributed by atoms with van der Waals surface area (Å²) in [6.07, 6.45) is 2.23. The molecular formula is C9H14N2O3. The second-order valence-corrected chi connectivity index (χ2v) is 4.36. The molecule has 0 saturated heterocycles. The van der Waals surface area contributed by atoms with Gasteiger partial charge in [0, 0.05) is 0 Å². The van der Waals surface area contributed by atoms with Crippen molar-refractivity contribution in [2.75, 3.05) is 0 Å². The van der Waals surface area contributed by atoms with Gasteiger partial charge in [0.15, 0.2) is 0 Å². The van der Waals surface area contributed by atoms with Crippen LogP contribution in [0.2, 0.25) is 0 Å². The van der Waals surface area contributed by atoms with Crippen LogP contribution in [0.4, 0.5) is 4.79 Å². The fraction of sp³-hybridized carbons (Fsp3) is 0.778. The number of hydrogen-bond acceptors (Lipinski definition) is 4. The molecule has 0 bridgehead atoms. The van der Waals surface area contributed by atoms with Crippen LogP contribution in [0.25, 0.3) is 0 Å². The van der Waals surface area contributed by atoms with Gasteiger partial charge in [-0.1, -0.05) is 0 Å². The monoisotopic (exact) mass is 198 g/mol. The third-order valence-corrected chi connectivity index (χ3v) is 1.72. The molecule has 1 amide bonds. The number of carbonyl (C=O) groups is 1.